The molecule has 2 N–H and O–H groups in total. The second kappa shape index (κ2) is 5.95. The molecular formula is C11H15N5O. The fourth-order valence-electron chi connectivity index (χ4n) is 1.41. The molecule has 2 aromatic rings. The van der Waals surface area contributed by atoms with E-state index in [0.717, 1.165) is 17.9 Å². The fourth-order valence-corrected chi connectivity index (χ4v) is 1.41. The van der Waals surface area contributed by atoms with E-state index < -0.39 is 0 Å². The van der Waals surface area contributed by atoms with E-state index in [-0.39, 0.29) is 0 Å². The Morgan fingerprint density at radius 1 is 1.29 bits per heavy atom. The van der Waals surface area contributed by atoms with E-state index in [0.29, 0.717) is 18.9 Å². The molecule has 6 nitrogen and oxygen atoms in total. The first-order valence-electron chi connectivity index (χ1n) is 5.47. The highest BCUT2D eigenvalue weighted by molar-refractivity contribution is 5.28. The van der Waals surface area contributed by atoms with Crippen molar-refractivity contribution < 1.29 is 4.74 Å². The molecule has 1 heterocycles. The largest absolute Gasteiger partial charge is 0.492 e. The topological polar surface area (TPSA) is 75.7 Å². The Morgan fingerprint density at radius 2 is 2.12 bits per heavy atom. The predicted octanol–water partition coefficient (Wildman–Crippen LogP) is 0.389. The van der Waals surface area contributed by atoms with Crippen LogP contribution in [-0.2, 0) is 6.42 Å². The number of rotatable bonds is 6. The van der Waals surface area contributed by atoms with Gasteiger partial charge in [-0.3, -0.25) is 0 Å². The van der Waals surface area contributed by atoms with Gasteiger partial charge in [-0.05, 0) is 24.7 Å². The third-order valence-corrected chi connectivity index (χ3v) is 2.30. The van der Waals surface area contributed by atoms with Crippen LogP contribution in [0.15, 0.2) is 24.3 Å². The number of hydrogen-bond donors (Lipinski definition) is 2. The number of nitrogens with zero attached hydrogens (tertiary/aromatic N) is 3. The van der Waals surface area contributed by atoms with Crippen LogP contribution in [0.3, 0.4) is 0 Å². The lowest BCUT2D eigenvalue weighted by Gasteiger charge is -2.06. The lowest BCUT2D eigenvalue weighted by Crippen LogP contribution is -2.15. The van der Waals surface area contributed by atoms with Gasteiger partial charge >= 0.3 is 0 Å². The van der Waals surface area contributed by atoms with Gasteiger partial charge in [-0.15, -0.1) is 10.2 Å². The summed E-state index contributed by atoms with van der Waals surface area (Å²) in [6.07, 6.45) is 0.674. The molecule has 0 bridgehead atoms. The number of hydrogen-bond acceptors (Lipinski definition) is 5. The van der Waals surface area contributed by atoms with Crippen molar-refractivity contribution in [1.29, 1.82) is 0 Å². The molecule has 0 spiro atoms. The van der Waals surface area contributed by atoms with Gasteiger partial charge in [-0.1, -0.05) is 17.3 Å². The zero-order valence-corrected chi connectivity index (χ0v) is 9.68. The molecule has 0 saturated heterocycles. The van der Waals surface area contributed by atoms with E-state index in [1.165, 1.54) is 0 Å². The molecular weight excluding hydrogens is 218 g/mol. The van der Waals surface area contributed by atoms with Crippen molar-refractivity contribution in [3.05, 3.63) is 35.7 Å². The van der Waals surface area contributed by atoms with E-state index in [1.54, 1.807) is 0 Å². The molecule has 0 atom stereocenters. The SMILES string of the molecule is CNCCOc1ccc(Cc2nn[nH]n2)cc1. The van der Waals surface area contributed by atoms with Gasteiger partial charge in [0.15, 0.2) is 5.82 Å². The van der Waals surface area contributed by atoms with Crippen molar-refractivity contribution in [1.82, 2.24) is 25.9 Å². The van der Waals surface area contributed by atoms with Crippen LogP contribution in [0.5, 0.6) is 5.75 Å². The number of benzene rings is 1. The molecule has 90 valence electrons. The van der Waals surface area contributed by atoms with Gasteiger partial charge in [0.25, 0.3) is 0 Å². The Bertz CT molecular complexity index is 426. The molecule has 0 aliphatic rings. The maximum absolute atomic E-state index is 5.52. The van der Waals surface area contributed by atoms with Crippen LogP contribution in [0.1, 0.15) is 11.4 Å². The molecule has 1 aromatic heterocycles. The minimum Gasteiger partial charge on any atom is -0.492 e. The van der Waals surface area contributed by atoms with Gasteiger partial charge in [0.05, 0.1) is 0 Å². The molecule has 2 rings (SSSR count). The fraction of sp³-hybridized carbons (Fsp3) is 0.364. The average molecular weight is 233 g/mol. The summed E-state index contributed by atoms with van der Waals surface area (Å²) < 4.78 is 5.52. The van der Waals surface area contributed by atoms with Crippen LogP contribution < -0.4 is 10.1 Å². The lowest BCUT2D eigenvalue weighted by molar-refractivity contribution is 0.318. The maximum Gasteiger partial charge on any atom is 0.178 e. The summed E-state index contributed by atoms with van der Waals surface area (Å²) in [6, 6.07) is 7.91. The number of H-pyrrole nitrogens is 1. The van der Waals surface area contributed by atoms with Gasteiger partial charge < -0.3 is 10.1 Å². The highest BCUT2D eigenvalue weighted by Crippen LogP contribution is 2.13. The Hall–Kier alpha value is -1.95. The summed E-state index contributed by atoms with van der Waals surface area (Å²) in [5, 5.41) is 16.8. The average Bonchev–Trinajstić information content (AvgIpc) is 2.85. The quantitative estimate of drug-likeness (QED) is 0.706. The maximum atomic E-state index is 5.52. The number of aromatic nitrogens is 4. The monoisotopic (exact) mass is 233 g/mol. The molecule has 17 heavy (non-hydrogen) atoms. The third-order valence-electron chi connectivity index (χ3n) is 2.30. The molecule has 0 fully saturated rings. The van der Waals surface area contributed by atoms with Gasteiger partial charge in [0.1, 0.15) is 12.4 Å². The molecule has 0 amide bonds. The number of aromatic amines is 1. The first-order valence-corrected chi connectivity index (χ1v) is 5.47. The molecule has 0 radical (unpaired) electrons. The van der Waals surface area contributed by atoms with E-state index in [1.807, 2.05) is 31.3 Å². The van der Waals surface area contributed by atoms with Crippen LogP contribution in [0.25, 0.3) is 0 Å². The van der Waals surface area contributed by atoms with Crippen molar-refractivity contribution in [3.8, 4) is 5.75 Å². The Labute approximate surface area is 99.4 Å². The van der Waals surface area contributed by atoms with Gasteiger partial charge in [0.2, 0.25) is 0 Å². The van der Waals surface area contributed by atoms with Crippen LogP contribution >= 0.6 is 0 Å². The predicted molar refractivity (Wildman–Crippen MR) is 62.8 cm³/mol. The second-order valence-corrected chi connectivity index (χ2v) is 3.60. The molecule has 0 aliphatic heterocycles. The van der Waals surface area contributed by atoms with Gasteiger partial charge in [-0.25, -0.2) is 0 Å². The zero-order chi connectivity index (χ0) is 11.9. The lowest BCUT2D eigenvalue weighted by atomic mass is 10.1. The summed E-state index contributed by atoms with van der Waals surface area (Å²) in [7, 11) is 1.90. The minimum atomic E-state index is 0.667. The normalized spacial score (nSPS) is 10.4. The number of nitrogens with one attached hydrogen (secondary N) is 2. The Kier molecular flexibility index (Phi) is 4.04. The molecule has 0 unspecified atom stereocenters. The summed E-state index contributed by atoms with van der Waals surface area (Å²) in [5.74, 6) is 1.56. The zero-order valence-electron chi connectivity index (χ0n) is 9.68. The van der Waals surface area contributed by atoms with Gasteiger partial charge in [0, 0.05) is 13.0 Å². The minimum absolute atomic E-state index is 0.667. The van der Waals surface area contributed by atoms with Gasteiger partial charge in [-0.2, -0.15) is 5.21 Å². The number of tetrazole rings is 1. The highest BCUT2D eigenvalue weighted by atomic mass is 16.5. The van der Waals surface area contributed by atoms with Crippen LogP contribution in [0.2, 0.25) is 0 Å². The molecule has 1 aromatic carbocycles. The third kappa shape index (κ3) is 3.53. The van der Waals surface area contributed by atoms with E-state index in [4.69, 9.17) is 4.74 Å². The number of likely N-dealkylation sites (N-methyl/N-ethyl adjacent to an activating group) is 1. The van der Waals surface area contributed by atoms with Crippen molar-refractivity contribution in [2.45, 2.75) is 6.42 Å². The Balaban J connectivity index is 1.89. The van der Waals surface area contributed by atoms with Crippen LogP contribution in [-0.4, -0.2) is 40.8 Å². The molecule has 0 aliphatic carbocycles. The summed E-state index contributed by atoms with van der Waals surface area (Å²) in [4.78, 5) is 0. The summed E-state index contributed by atoms with van der Waals surface area (Å²) in [5.41, 5.74) is 1.13. The van der Waals surface area contributed by atoms with Crippen molar-refractivity contribution >= 4 is 0 Å². The van der Waals surface area contributed by atoms with E-state index >= 15 is 0 Å². The highest BCUT2D eigenvalue weighted by Gasteiger charge is 2.01. The summed E-state index contributed by atoms with van der Waals surface area (Å²) in [6.45, 7) is 1.51. The van der Waals surface area contributed by atoms with Crippen LogP contribution in [0, 0.1) is 0 Å². The van der Waals surface area contributed by atoms with Crippen molar-refractivity contribution in [2.24, 2.45) is 0 Å². The molecule has 0 saturated carbocycles. The van der Waals surface area contributed by atoms with E-state index in [9.17, 15) is 0 Å². The second-order valence-electron chi connectivity index (χ2n) is 3.60. The van der Waals surface area contributed by atoms with Crippen LogP contribution in [0.4, 0.5) is 0 Å². The van der Waals surface area contributed by atoms with Crippen molar-refractivity contribution in [3.63, 3.8) is 0 Å². The number of ether oxygens (including phenoxy) is 1. The molecule has 6 heteroatoms. The standard InChI is InChI=1S/C11H15N5O/c1-12-6-7-17-10-4-2-9(3-5-10)8-11-13-15-16-14-11/h2-5,12H,6-8H2,1H3,(H,13,14,15,16). The first-order chi connectivity index (χ1) is 8.38. The smallest absolute Gasteiger partial charge is 0.178 e. The van der Waals surface area contributed by atoms with Crippen molar-refractivity contribution in [2.75, 3.05) is 20.2 Å². The Morgan fingerprint density at radius 3 is 2.76 bits per heavy atom. The first kappa shape index (κ1) is 11.5. The summed E-state index contributed by atoms with van der Waals surface area (Å²) >= 11 is 0. The van der Waals surface area contributed by atoms with E-state index in [2.05, 4.69) is 25.9 Å².